The summed E-state index contributed by atoms with van der Waals surface area (Å²) in [6.45, 7) is 1.80. The molecule has 18 heavy (non-hydrogen) atoms. The molecule has 0 fully saturated rings. The summed E-state index contributed by atoms with van der Waals surface area (Å²) in [6, 6.07) is 3.44. The molecule has 0 saturated heterocycles. The molecule has 0 amide bonds. The molecule has 0 radical (unpaired) electrons. The number of aryl methyl sites for hydroxylation is 2. The summed E-state index contributed by atoms with van der Waals surface area (Å²) in [6.07, 6.45) is 1.39. The van der Waals surface area contributed by atoms with E-state index < -0.39 is 5.97 Å². The number of thiophene rings is 1. The molecule has 0 unspecified atom stereocenters. The fourth-order valence-electron chi connectivity index (χ4n) is 1.36. The van der Waals surface area contributed by atoms with Gasteiger partial charge in [0.25, 0.3) is 0 Å². The first-order valence-electron chi connectivity index (χ1n) is 5.07. The topological polar surface area (TPSA) is 56.5 Å². The van der Waals surface area contributed by atoms with Gasteiger partial charge in [0.15, 0.2) is 0 Å². The van der Waals surface area contributed by atoms with Crippen molar-refractivity contribution in [3.63, 3.8) is 0 Å². The molecule has 2 aromatic rings. The Morgan fingerprint density at radius 1 is 1.67 bits per heavy atom. The van der Waals surface area contributed by atoms with Gasteiger partial charge < -0.3 is 4.84 Å². The highest BCUT2D eigenvalue weighted by Gasteiger charge is 2.10. The van der Waals surface area contributed by atoms with Gasteiger partial charge in [-0.05, 0) is 18.4 Å². The molecule has 94 valence electrons. The molecule has 0 bridgehead atoms. The quantitative estimate of drug-likeness (QED) is 0.494. The standard InChI is InChI=1S/C11H10ClN3O2S/c1-7-8(10(12)15(2)14-7)6-13-17-11(16)9-4-3-5-18-9/h3-6H,1-2H3/b13-6-. The van der Waals surface area contributed by atoms with E-state index in [-0.39, 0.29) is 0 Å². The molecular formula is C11H10ClN3O2S. The molecule has 0 aliphatic carbocycles. The summed E-state index contributed by atoms with van der Waals surface area (Å²) in [5, 5.41) is 9.98. The highest BCUT2D eigenvalue weighted by atomic mass is 35.5. The Morgan fingerprint density at radius 3 is 3.00 bits per heavy atom. The molecule has 0 aliphatic heterocycles. The van der Waals surface area contributed by atoms with E-state index in [0.29, 0.717) is 15.6 Å². The molecule has 2 aromatic heterocycles. The summed E-state index contributed by atoms with van der Waals surface area (Å²) in [5.41, 5.74) is 1.36. The molecule has 0 aromatic carbocycles. The maximum absolute atomic E-state index is 11.5. The normalized spacial score (nSPS) is 11.1. The van der Waals surface area contributed by atoms with E-state index in [2.05, 4.69) is 10.3 Å². The van der Waals surface area contributed by atoms with Gasteiger partial charge in [0.05, 0.1) is 17.5 Å². The molecule has 2 heterocycles. The zero-order chi connectivity index (χ0) is 13.1. The molecule has 0 N–H and O–H groups in total. The van der Waals surface area contributed by atoms with Crippen LogP contribution in [0.5, 0.6) is 0 Å². The summed E-state index contributed by atoms with van der Waals surface area (Å²) in [4.78, 5) is 16.7. The van der Waals surface area contributed by atoms with Crippen molar-refractivity contribution in [3.8, 4) is 0 Å². The molecule has 0 atom stereocenters. The summed E-state index contributed by atoms with van der Waals surface area (Å²) in [5.74, 6) is -0.487. The first-order valence-corrected chi connectivity index (χ1v) is 6.32. The number of halogens is 1. The molecule has 0 saturated carbocycles. The van der Waals surface area contributed by atoms with Gasteiger partial charge in [-0.3, -0.25) is 4.68 Å². The third-order valence-corrected chi connectivity index (χ3v) is 3.53. The minimum atomic E-state index is -0.487. The number of hydrogen-bond donors (Lipinski definition) is 0. The number of carbonyl (C=O) groups excluding carboxylic acids is 1. The van der Waals surface area contributed by atoms with Gasteiger partial charge in [-0.1, -0.05) is 22.8 Å². The van der Waals surface area contributed by atoms with Crippen LogP contribution in [0.15, 0.2) is 22.7 Å². The van der Waals surface area contributed by atoms with E-state index in [4.69, 9.17) is 16.4 Å². The monoisotopic (exact) mass is 283 g/mol. The molecule has 5 nitrogen and oxygen atoms in total. The van der Waals surface area contributed by atoms with Gasteiger partial charge in [0.1, 0.15) is 10.0 Å². The summed E-state index contributed by atoms with van der Waals surface area (Å²) < 4.78 is 1.53. The number of hydrogen-bond acceptors (Lipinski definition) is 5. The first-order chi connectivity index (χ1) is 8.59. The van der Waals surface area contributed by atoms with Crippen molar-refractivity contribution in [2.24, 2.45) is 12.2 Å². The lowest BCUT2D eigenvalue weighted by molar-refractivity contribution is 0.0525. The third-order valence-electron chi connectivity index (χ3n) is 2.24. The van der Waals surface area contributed by atoms with Crippen molar-refractivity contribution in [2.75, 3.05) is 0 Å². The van der Waals surface area contributed by atoms with Crippen LogP contribution in [0.4, 0.5) is 0 Å². The Bertz CT molecular complexity index is 590. The van der Waals surface area contributed by atoms with E-state index >= 15 is 0 Å². The van der Waals surface area contributed by atoms with Gasteiger partial charge in [-0.15, -0.1) is 11.3 Å². The van der Waals surface area contributed by atoms with Crippen LogP contribution in [0.3, 0.4) is 0 Å². The number of rotatable bonds is 3. The van der Waals surface area contributed by atoms with Crippen LogP contribution in [0.1, 0.15) is 20.9 Å². The SMILES string of the molecule is Cc1nn(C)c(Cl)c1/C=N\OC(=O)c1cccs1. The molecule has 2 rings (SSSR count). The minimum Gasteiger partial charge on any atom is -0.312 e. The predicted octanol–water partition coefficient (Wildman–Crippen LogP) is 2.63. The second kappa shape index (κ2) is 5.32. The Balaban J connectivity index is 2.06. The van der Waals surface area contributed by atoms with Crippen molar-refractivity contribution in [1.29, 1.82) is 0 Å². The third kappa shape index (κ3) is 2.60. The van der Waals surface area contributed by atoms with Crippen LogP contribution in [-0.2, 0) is 11.9 Å². The van der Waals surface area contributed by atoms with E-state index in [1.54, 1.807) is 31.5 Å². The fraction of sp³-hybridized carbons (Fsp3) is 0.182. The van der Waals surface area contributed by atoms with E-state index in [0.717, 1.165) is 5.69 Å². The zero-order valence-corrected chi connectivity index (χ0v) is 11.3. The molecule has 0 spiro atoms. The minimum absolute atomic E-state index is 0.448. The van der Waals surface area contributed by atoms with Crippen LogP contribution >= 0.6 is 22.9 Å². The largest absolute Gasteiger partial charge is 0.375 e. The van der Waals surface area contributed by atoms with Gasteiger partial charge in [0, 0.05) is 7.05 Å². The summed E-state index contributed by atoms with van der Waals surface area (Å²) in [7, 11) is 1.73. The number of oxime groups is 1. The highest BCUT2D eigenvalue weighted by Crippen LogP contribution is 2.16. The predicted molar refractivity (Wildman–Crippen MR) is 70.3 cm³/mol. The van der Waals surface area contributed by atoms with Gasteiger partial charge in [-0.2, -0.15) is 5.10 Å². The number of aromatic nitrogens is 2. The Hall–Kier alpha value is -1.66. The van der Waals surface area contributed by atoms with Crippen molar-refractivity contribution in [2.45, 2.75) is 6.92 Å². The van der Waals surface area contributed by atoms with Crippen LogP contribution < -0.4 is 0 Å². The van der Waals surface area contributed by atoms with E-state index in [1.807, 2.05) is 0 Å². The van der Waals surface area contributed by atoms with Crippen LogP contribution in [0.25, 0.3) is 0 Å². The van der Waals surface area contributed by atoms with E-state index in [9.17, 15) is 4.79 Å². The van der Waals surface area contributed by atoms with E-state index in [1.165, 1.54) is 22.2 Å². The lowest BCUT2D eigenvalue weighted by Gasteiger charge is -1.94. The Kier molecular flexibility index (Phi) is 3.78. The highest BCUT2D eigenvalue weighted by molar-refractivity contribution is 7.11. The molecule has 0 aliphatic rings. The maximum atomic E-state index is 11.5. The van der Waals surface area contributed by atoms with Crippen molar-refractivity contribution < 1.29 is 9.63 Å². The van der Waals surface area contributed by atoms with Crippen LogP contribution in [0.2, 0.25) is 5.15 Å². The Labute approximate surface area is 113 Å². The lowest BCUT2D eigenvalue weighted by Crippen LogP contribution is -1.98. The molecule has 7 heteroatoms. The van der Waals surface area contributed by atoms with Gasteiger partial charge in [0.2, 0.25) is 0 Å². The second-order valence-electron chi connectivity index (χ2n) is 3.50. The number of nitrogens with zero attached hydrogens (tertiary/aromatic N) is 3. The lowest BCUT2D eigenvalue weighted by atomic mass is 10.3. The van der Waals surface area contributed by atoms with Gasteiger partial charge in [-0.25, -0.2) is 4.79 Å². The van der Waals surface area contributed by atoms with Crippen molar-refractivity contribution in [3.05, 3.63) is 38.8 Å². The molecular weight excluding hydrogens is 274 g/mol. The zero-order valence-electron chi connectivity index (χ0n) is 9.75. The first kappa shape index (κ1) is 12.8. The smallest absolute Gasteiger partial charge is 0.312 e. The van der Waals surface area contributed by atoms with Crippen molar-refractivity contribution >= 4 is 35.1 Å². The average Bonchev–Trinajstić information content (AvgIpc) is 2.93. The fourth-order valence-corrected chi connectivity index (χ4v) is 2.18. The number of carbonyl (C=O) groups is 1. The Morgan fingerprint density at radius 2 is 2.44 bits per heavy atom. The maximum Gasteiger partial charge on any atom is 0.375 e. The summed E-state index contributed by atoms with van der Waals surface area (Å²) >= 11 is 7.30. The van der Waals surface area contributed by atoms with Crippen molar-refractivity contribution in [1.82, 2.24) is 9.78 Å². The average molecular weight is 284 g/mol. The van der Waals surface area contributed by atoms with Crippen LogP contribution in [-0.4, -0.2) is 22.0 Å². The second-order valence-corrected chi connectivity index (χ2v) is 4.81. The van der Waals surface area contributed by atoms with Crippen LogP contribution in [0, 0.1) is 6.92 Å². The van der Waals surface area contributed by atoms with Gasteiger partial charge >= 0.3 is 5.97 Å².